The van der Waals surface area contributed by atoms with Crippen LogP contribution in [0, 0.1) is 5.82 Å². The topological polar surface area (TPSA) is 36.4 Å². The summed E-state index contributed by atoms with van der Waals surface area (Å²) in [7, 11) is 1.78. The molecule has 2 N–H and O–H groups in total. The fourth-order valence-electron chi connectivity index (χ4n) is 2.13. The van der Waals surface area contributed by atoms with Crippen molar-refractivity contribution in [1.29, 1.82) is 0 Å². The van der Waals surface area contributed by atoms with Gasteiger partial charge in [0.15, 0.2) is 5.96 Å². The normalized spacial score (nSPS) is 17.9. The summed E-state index contributed by atoms with van der Waals surface area (Å²) >= 11 is 3.55. The first-order valence-corrected chi connectivity index (χ1v) is 9.26. The zero-order chi connectivity index (χ0) is 14.9. The van der Waals surface area contributed by atoms with Crippen molar-refractivity contribution in [2.24, 2.45) is 4.99 Å². The number of thioether (sulfide) groups is 2. The number of hydrogen-bond acceptors (Lipinski definition) is 3. The molecule has 22 heavy (non-hydrogen) atoms. The first-order chi connectivity index (χ1) is 10.3. The molecule has 0 amide bonds. The number of hydrogen-bond donors (Lipinski definition) is 2. The van der Waals surface area contributed by atoms with E-state index >= 15 is 0 Å². The van der Waals surface area contributed by atoms with Crippen molar-refractivity contribution in [1.82, 2.24) is 10.6 Å². The second kappa shape index (κ2) is 11.4. The summed E-state index contributed by atoms with van der Waals surface area (Å²) in [5, 5.41) is 7.33. The fraction of sp³-hybridized carbons (Fsp3) is 0.533. The van der Waals surface area contributed by atoms with E-state index in [4.69, 9.17) is 0 Å². The lowest BCUT2D eigenvalue weighted by Crippen LogP contribution is -2.41. The average Bonchev–Trinajstić information content (AvgIpc) is 3.01. The third kappa shape index (κ3) is 6.95. The molecule has 1 atom stereocenters. The highest BCUT2D eigenvalue weighted by atomic mass is 127. The summed E-state index contributed by atoms with van der Waals surface area (Å²) in [6.45, 7) is 1.72. The second-order valence-corrected chi connectivity index (χ2v) is 7.34. The van der Waals surface area contributed by atoms with Crippen LogP contribution in [-0.2, 0) is 0 Å². The SMILES string of the molecule is CN=C(NCCSc1ccccc1F)NCC1CCCS1.I. The summed E-state index contributed by atoms with van der Waals surface area (Å²) < 4.78 is 13.5. The molecule has 1 saturated heterocycles. The molecule has 1 aromatic carbocycles. The molecule has 1 heterocycles. The molecule has 124 valence electrons. The van der Waals surface area contributed by atoms with E-state index in [-0.39, 0.29) is 29.8 Å². The summed E-state index contributed by atoms with van der Waals surface area (Å²) in [6.07, 6.45) is 2.61. The van der Waals surface area contributed by atoms with E-state index in [1.54, 1.807) is 13.1 Å². The number of halogens is 2. The summed E-state index contributed by atoms with van der Waals surface area (Å²) in [5.74, 6) is 2.76. The molecule has 1 unspecified atom stereocenters. The lowest BCUT2D eigenvalue weighted by molar-refractivity contribution is 0.602. The van der Waals surface area contributed by atoms with Gasteiger partial charge in [0.2, 0.25) is 0 Å². The number of nitrogens with zero attached hydrogens (tertiary/aromatic N) is 1. The fourth-order valence-corrected chi connectivity index (χ4v) is 4.13. The highest BCUT2D eigenvalue weighted by Gasteiger charge is 2.15. The molecule has 0 spiro atoms. The number of nitrogens with one attached hydrogen (secondary N) is 2. The average molecular weight is 455 g/mol. The molecule has 0 saturated carbocycles. The van der Waals surface area contributed by atoms with Crippen LogP contribution in [0.1, 0.15) is 12.8 Å². The Balaban J connectivity index is 0.00000242. The van der Waals surface area contributed by atoms with Crippen LogP contribution < -0.4 is 10.6 Å². The van der Waals surface area contributed by atoms with Crippen LogP contribution in [0.2, 0.25) is 0 Å². The predicted molar refractivity (Wildman–Crippen MR) is 107 cm³/mol. The molecule has 3 nitrogen and oxygen atoms in total. The molecule has 0 aliphatic carbocycles. The van der Waals surface area contributed by atoms with Crippen molar-refractivity contribution in [2.75, 3.05) is 31.6 Å². The van der Waals surface area contributed by atoms with Crippen LogP contribution in [0.15, 0.2) is 34.2 Å². The molecule has 0 aromatic heterocycles. The van der Waals surface area contributed by atoms with E-state index in [0.29, 0.717) is 10.1 Å². The molecule has 0 radical (unpaired) electrons. The van der Waals surface area contributed by atoms with Gasteiger partial charge in [-0.15, -0.1) is 35.7 Å². The van der Waals surface area contributed by atoms with Crippen LogP contribution >= 0.6 is 47.5 Å². The van der Waals surface area contributed by atoms with Crippen molar-refractivity contribution in [2.45, 2.75) is 23.0 Å². The van der Waals surface area contributed by atoms with Gasteiger partial charge in [0, 0.05) is 36.0 Å². The van der Waals surface area contributed by atoms with E-state index < -0.39 is 0 Å². The van der Waals surface area contributed by atoms with Gasteiger partial charge in [-0.1, -0.05) is 12.1 Å². The summed E-state index contributed by atoms with van der Waals surface area (Å²) in [6, 6.07) is 6.88. The smallest absolute Gasteiger partial charge is 0.191 e. The van der Waals surface area contributed by atoms with Crippen molar-refractivity contribution in [3.05, 3.63) is 30.1 Å². The number of guanidine groups is 1. The van der Waals surface area contributed by atoms with Gasteiger partial charge in [0.05, 0.1) is 0 Å². The van der Waals surface area contributed by atoms with Gasteiger partial charge in [0.25, 0.3) is 0 Å². The van der Waals surface area contributed by atoms with Crippen LogP contribution in [0.3, 0.4) is 0 Å². The largest absolute Gasteiger partial charge is 0.356 e. The Morgan fingerprint density at radius 1 is 1.41 bits per heavy atom. The van der Waals surface area contributed by atoms with Gasteiger partial charge in [-0.05, 0) is 30.7 Å². The number of rotatable bonds is 6. The number of benzene rings is 1. The molecule has 1 fully saturated rings. The van der Waals surface area contributed by atoms with Gasteiger partial charge >= 0.3 is 0 Å². The van der Waals surface area contributed by atoms with Gasteiger partial charge in [-0.2, -0.15) is 11.8 Å². The third-order valence-electron chi connectivity index (χ3n) is 3.23. The monoisotopic (exact) mass is 455 g/mol. The minimum Gasteiger partial charge on any atom is -0.356 e. The van der Waals surface area contributed by atoms with Crippen molar-refractivity contribution >= 4 is 53.5 Å². The second-order valence-electron chi connectivity index (χ2n) is 4.79. The van der Waals surface area contributed by atoms with E-state index in [1.807, 2.05) is 23.9 Å². The van der Waals surface area contributed by atoms with Gasteiger partial charge in [-0.3, -0.25) is 4.99 Å². The molecule has 1 aliphatic heterocycles. The maximum atomic E-state index is 13.5. The van der Waals surface area contributed by atoms with Crippen molar-refractivity contribution in [3.63, 3.8) is 0 Å². The Morgan fingerprint density at radius 3 is 2.91 bits per heavy atom. The van der Waals surface area contributed by atoms with E-state index in [2.05, 4.69) is 15.6 Å². The first-order valence-electron chi connectivity index (χ1n) is 7.23. The summed E-state index contributed by atoms with van der Waals surface area (Å²) in [5.41, 5.74) is 0. The van der Waals surface area contributed by atoms with Gasteiger partial charge < -0.3 is 10.6 Å². The van der Waals surface area contributed by atoms with E-state index in [0.717, 1.165) is 24.8 Å². The first kappa shape index (κ1) is 19.9. The van der Waals surface area contributed by atoms with Crippen LogP contribution in [0.5, 0.6) is 0 Å². The van der Waals surface area contributed by atoms with Gasteiger partial charge in [0.1, 0.15) is 5.82 Å². The minimum absolute atomic E-state index is 0. The lowest BCUT2D eigenvalue weighted by Gasteiger charge is -2.14. The molecule has 1 aromatic rings. The highest BCUT2D eigenvalue weighted by molar-refractivity contribution is 14.0. The zero-order valence-corrected chi connectivity index (χ0v) is 16.6. The Bertz CT molecular complexity index is 468. The highest BCUT2D eigenvalue weighted by Crippen LogP contribution is 2.25. The zero-order valence-electron chi connectivity index (χ0n) is 12.7. The molecule has 2 rings (SSSR count). The van der Waals surface area contributed by atoms with Crippen LogP contribution in [0.4, 0.5) is 4.39 Å². The molecule has 7 heteroatoms. The summed E-state index contributed by atoms with van der Waals surface area (Å²) in [4.78, 5) is 4.91. The lowest BCUT2D eigenvalue weighted by atomic mass is 10.2. The molecular weight excluding hydrogens is 432 g/mol. The quantitative estimate of drug-likeness (QED) is 0.226. The predicted octanol–water partition coefficient (Wildman–Crippen LogP) is 3.60. The third-order valence-corrected chi connectivity index (χ3v) is 5.68. The van der Waals surface area contributed by atoms with Crippen LogP contribution in [0.25, 0.3) is 0 Å². The maximum absolute atomic E-state index is 13.5. The Kier molecular flexibility index (Phi) is 10.3. The minimum atomic E-state index is -0.150. The van der Waals surface area contributed by atoms with E-state index in [9.17, 15) is 4.39 Å². The van der Waals surface area contributed by atoms with Crippen molar-refractivity contribution < 1.29 is 4.39 Å². The van der Waals surface area contributed by atoms with Crippen LogP contribution in [-0.4, -0.2) is 42.9 Å². The molecular formula is C15H23FIN3S2. The standard InChI is InChI=1S/C15H22FN3S2.HI/c1-17-15(19-11-12-5-4-9-20-12)18-8-10-21-14-7-3-2-6-13(14)16;/h2-3,6-7,12H,4-5,8-11H2,1H3,(H2,17,18,19);1H. The Labute approximate surface area is 157 Å². The maximum Gasteiger partial charge on any atom is 0.191 e. The van der Waals surface area contributed by atoms with Gasteiger partial charge in [-0.25, -0.2) is 4.39 Å². The Hall–Kier alpha value is -0.150. The van der Waals surface area contributed by atoms with E-state index in [1.165, 1.54) is 36.4 Å². The molecule has 0 bridgehead atoms. The molecule has 1 aliphatic rings. The van der Waals surface area contributed by atoms with Crippen molar-refractivity contribution in [3.8, 4) is 0 Å². The number of aliphatic imine (C=N–C) groups is 1. The Morgan fingerprint density at radius 2 is 2.23 bits per heavy atom.